The number of fused-ring (bicyclic) bond motifs is 1. The molecule has 56 heavy (non-hydrogen) atoms. The minimum absolute atomic E-state index is 0.208. The molecular formula is C46H52N4O4S2. The third kappa shape index (κ3) is 9.60. The second-order valence-corrected chi connectivity index (χ2v) is 17.9. The SMILES string of the molecule is Cc1cc(C)c(NC(CSc2cccc3ccccc23)C(=O)N[C@@H](Cc2ccccc2)[C@H](O)C(=O)N2CSC(C)(C)[C@H]2C(=O)NCc2ccccc2C)c(C)c1. The number of aliphatic hydroxyl groups excluding tert-OH is 1. The third-order valence-electron chi connectivity index (χ3n) is 10.5. The second-order valence-electron chi connectivity index (χ2n) is 15.2. The van der Waals surface area contributed by atoms with Crippen LogP contribution in [0.3, 0.4) is 0 Å². The maximum absolute atomic E-state index is 14.6. The van der Waals surface area contributed by atoms with Crippen molar-refractivity contribution < 1.29 is 19.5 Å². The van der Waals surface area contributed by atoms with Gasteiger partial charge in [-0.05, 0) is 92.6 Å². The zero-order valence-electron chi connectivity index (χ0n) is 33.0. The highest BCUT2D eigenvalue weighted by molar-refractivity contribution is 8.01. The summed E-state index contributed by atoms with van der Waals surface area (Å²) in [5.41, 5.74) is 6.96. The molecule has 1 fully saturated rings. The molecular weight excluding hydrogens is 737 g/mol. The van der Waals surface area contributed by atoms with Crippen molar-refractivity contribution in [3.8, 4) is 0 Å². The van der Waals surface area contributed by atoms with Crippen LogP contribution in [0.1, 0.15) is 47.2 Å². The molecule has 1 aliphatic rings. The Morgan fingerprint density at radius 3 is 2.25 bits per heavy atom. The number of hydrogen-bond acceptors (Lipinski definition) is 7. The summed E-state index contributed by atoms with van der Waals surface area (Å²) in [6.45, 7) is 12.3. The zero-order valence-corrected chi connectivity index (χ0v) is 34.6. The van der Waals surface area contributed by atoms with Crippen LogP contribution in [-0.4, -0.2) is 68.3 Å². The highest BCUT2D eigenvalue weighted by Gasteiger charge is 2.50. The van der Waals surface area contributed by atoms with Crippen LogP contribution >= 0.6 is 23.5 Å². The Balaban J connectivity index is 1.27. The van der Waals surface area contributed by atoms with E-state index < -0.39 is 34.9 Å². The molecule has 4 N–H and O–H groups in total. The van der Waals surface area contributed by atoms with Crippen molar-refractivity contribution >= 4 is 57.7 Å². The monoisotopic (exact) mass is 788 g/mol. The summed E-state index contributed by atoms with van der Waals surface area (Å²) in [4.78, 5) is 45.4. The van der Waals surface area contributed by atoms with E-state index in [2.05, 4.69) is 59.3 Å². The van der Waals surface area contributed by atoms with Gasteiger partial charge in [-0.1, -0.05) is 109 Å². The molecule has 1 aliphatic heterocycles. The molecule has 10 heteroatoms. The lowest BCUT2D eigenvalue weighted by atomic mass is 9.96. The average molecular weight is 789 g/mol. The summed E-state index contributed by atoms with van der Waals surface area (Å²) in [7, 11) is 0. The lowest BCUT2D eigenvalue weighted by molar-refractivity contribution is -0.147. The first-order valence-corrected chi connectivity index (χ1v) is 21.0. The van der Waals surface area contributed by atoms with Crippen LogP contribution in [0.2, 0.25) is 0 Å². The summed E-state index contributed by atoms with van der Waals surface area (Å²) in [6.07, 6.45) is -1.41. The molecule has 1 saturated heterocycles. The fourth-order valence-electron chi connectivity index (χ4n) is 7.49. The molecule has 0 radical (unpaired) electrons. The minimum atomic E-state index is -1.62. The number of nitrogens with zero attached hydrogens (tertiary/aromatic N) is 1. The van der Waals surface area contributed by atoms with E-state index in [1.165, 1.54) is 16.7 Å². The van der Waals surface area contributed by atoms with E-state index in [9.17, 15) is 19.5 Å². The summed E-state index contributed by atoms with van der Waals surface area (Å²) >= 11 is 3.08. The molecule has 6 rings (SSSR count). The predicted octanol–water partition coefficient (Wildman–Crippen LogP) is 7.73. The van der Waals surface area contributed by atoms with Crippen LogP contribution in [-0.2, 0) is 27.3 Å². The van der Waals surface area contributed by atoms with Gasteiger partial charge in [-0.2, -0.15) is 0 Å². The van der Waals surface area contributed by atoms with Crippen molar-refractivity contribution in [3.63, 3.8) is 0 Å². The quantitative estimate of drug-likeness (QED) is 0.0854. The summed E-state index contributed by atoms with van der Waals surface area (Å²) in [5, 5.41) is 23.9. The Morgan fingerprint density at radius 2 is 1.52 bits per heavy atom. The molecule has 5 aromatic carbocycles. The number of carbonyl (C=O) groups is 3. The van der Waals surface area contributed by atoms with Crippen LogP contribution < -0.4 is 16.0 Å². The number of aliphatic hydroxyl groups is 1. The van der Waals surface area contributed by atoms with Gasteiger partial charge in [0.05, 0.1) is 11.9 Å². The Kier molecular flexibility index (Phi) is 13.1. The smallest absolute Gasteiger partial charge is 0.254 e. The first-order chi connectivity index (χ1) is 26.8. The lowest BCUT2D eigenvalue weighted by Crippen LogP contribution is -2.59. The van der Waals surface area contributed by atoms with E-state index in [1.54, 1.807) is 11.8 Å². The molecule has 0 aromatic heterocycles. The maximum atomic E-state index is 14.6. The van der Waals surface area contributed by atoms with Gasteiger partial charge in [0.2, 0.25) is 11.8 Å². The van der Waals surface area contributed by atoms with Crippen molar-refractivity contribution in [3.05, 3.63) is 143 Å². The molecule has 3 amide bonds. The highest BCUT2D eigenvalue weighted by atomic mass is 32.2. The number of hydrogen-bond donors (Lipinski definition) is 4. The fraction of sp³-hybridized carbons (Fsp3) is 0.326. The van der Waals surface area contributed by atoms with Crippen molar-refractivity contribution in [2.75, 3.05) is 16.9 Å². The minimum Gasteiger partial charge on any atom is -0.381 e. The molecule has 1 unspecified atom stereocenters. The van der Waals surface area contributed by atoms with Crippen molar-refractivity contribution in [2.24, 2.45) is 0 Å². The molecule has 4 atom stereocenters. The highest BCUT2D eigenvalue weighted by Crippen LogP contribution is 2.40. The number of nitrogens with one attached hydrogen (secondary N) is 3. The fourth-order valence-corrected chi connectivity index (χ4v) is 9.73. The summed E-state index contributed by atoms with van der Waals surface area (Å²) in [5.74, 6) is -0.607. The zero-order chi connectivity index (χ0) is 40.0. The number of rotatable bonds is 14. The second kappa shape index (κ2) is 18.0. The van der Waals surface area contributed by atoms with Crippen LogP contribution in [0.4, 0.5) is 5.69 Å². The molecule has 292 valence electrons. The standard InChI is InChI=1S/C46H52N4O4S2/c1-29-23-31(3)40(32(4)24-29)48-38(27-55-39-22-14-20-34-18-12-13-21-36(34)39)43(52)49-37(25-33-16-8-7-9-17-33)41(51)45(54)50-28-56-46(5,6)42(50)44(53)47-26-35-19-11-10-15-30(35)2/h7-24,37-38,41-42,48,51H,25-28H2,1-6H3,(H,47,53)(H,49,52)/t37-,38?,41-,42+/m0/s1. The predicted molar refractivity (Wildman–Crippen MR) is 231 cm³/mol. The lowest BCUT2D eigenvalue weighted by Gasteiger charge is -2.34. The number of anilines is 1. The van der Waals surface area contributed by atoms with E-state index in [0.717, 1.165) is 54.7 Å². The van der Waals surface area contributed by atoms with Gasteiger partial charge in [0.25, 0.3) is 5.91 Å². The number of aryl methyl sites for hydroxylation is 4. The van der Waals surface area contributed by atoms with Crippen molar-refractivity contribution in [1.29, 1.82) is 0 Å². The Bertz CT molecular complexity index is 2160. The van der Waals surface area contributed by atoms with Crippen LogP contribution in [0.5, 0.6) is 0 Å². The van der Waals surface area contributed by atoms with Gasteiger partial charge in [-0.25, -0.2) is 0 Å². The van der Waals surface area contributed by atoms with Gasteiger partial charge in [0.15, 0.2) is 6.10 Å². The normalized spacial score (nSPS) is 16.6. The van der Waals surface area contributed by atoms with Crippen LogP contribution in [0, 0.1) is 27.7 Å². The summed E-state index contributed by atoms with van der Waals surface area (Å²) in [6, 6.07) is 33.4. The molecule has 0 saturated carbocycles. The van der Waals surface area contributed by atoms with Gasteiger partial charge in [0.1, 0.15) is 12.1 Å². The summed E-state index contributed by atoms with van der Waals surface area (Å²) < 4.78 is -0.610. The average Bonchev–Trinajstić information content (AvgIpc) is 3.50. The van der Waals surface area contributed by atoms with E-state index in [4.69, 9.17) is 0 Å². The first-order valence-electron chi connectivity index (χ1n) is 19.1. The Labute approximate surface area is 339 Å². The largest absolute Gasteiger partial charge is 0.381 e. The molecule has 0 bridgehead atoms. The third-order valence-corrected chi connectivity index (χ3v) is 13.1. The van der Waals surface area contributed by atoms with Crippen molar-refractivity contribution in [1.82, 2.24) is 15.5 Å². The molecule has 5 aromatic rings. The van der Waals surface area contributed by atoms with Gasteiger partial charge in [-0.3, -0.25) is 14.4 Å². The number of carbonyl (C=O) groups excluding carboxylic acids is 3. The maximum Gasteiger partial charge on any atom is 0.254 e. The number of amides is 3. The van der Waals surface area contributed by atoms with Crippen molar-refractivity contribution in [2.45, 2.75) is 88.4 Å². The molecule has 8 nitrogen and oxygen atoms in total. The van der Waals surface area contributed by atoms with Crippen LogP contribution in [0.25, 0.3) is 10.8 Å². The number of benzene rings is 5. The van der Waals surface area contributed by atoms with E-state index in [-0.39, 0.29) is 24.1 Å². The molecule has 0 aliphatic carbocycles. The Hall–Kier alpha value is -4.77. The van der Waals surface area contributed by atoms with E-state index >= 15 is 0 Å². The Morgan fingerprint density at radius 1 is 0.857 bits per heavy atom. The van der Waals surface area contributed by atoms with Gasteiger partial charge in [-0.15, -0.1) is 23.5 Å². The molecule has 1 heterocycles. The van der Waals surface area contributed by atoms with Crippen LogP contribution in [0.15, 0.2) is 114 Å². The van der Waals surface area contributed by atoms with Gasteiger partial charge in [0, 0.05) is 27.6 Å². The van der Waals surface area contributed by atoms with E-state index in [1.807, 2.05) is 107 Å². The van der Waals surface area contributed by atoms with Gasteiger partial charge < -0.3 is 26.0 Å². The topological polar surface area (TPSA) is 111 Å². The molecule has 0 spiro atoms. The first kappa shape index (κ1) is 40.9. The number of thioether (sulfide) groups is 2. The van der Waals surface area contributed by atoms with E-state index in [0.29, 0.717) is 12.3 Å². The van der Waals surface area contributed by atoms with Gasteiger partial charge >= 0.3 is 0 Å².